The number of H-pyrrole nitrogens is 1. The fraction of sp³-hybridized carbons (Fsp3) is 0.0667. The molecule has 0 spiro atoms. The molecule has 0 radical (unpaired) electrons. The summed E-state index contributed by atoms with van der Waals surface area (Å²) < 4.78 is 0. The van der Waals surface area contributed by atoms with Crippen LogP contribution in [0.5, 0.6) is 0 Å². The minimum atomic E-state index is 0.370. The molecule has 1 heteroatoms. The molecule has 1 unspecified atom stereocenters. The Morgan fingerprint density at radius 1 is 0.613 bits per heavy atom. The quantitative estimate of drug-likeness (QED) is 0.318. The molecule has 148 valence electrons. The first-order chi connectivity index (χ1) is 15.3. The number of rotatable bonds is 3. The lowest BCUT2D eigenvalue weighted by atomic mass is 9.81. The van der Waals surface area contributed by atoms with Crippen LogP contribution in [0.3, 0.4) is 0 Å². The Bertz CT molecular complexity index is 1440. The summed E-state index contributed by atoms with van der Waals surface area (Å²) in [7, 11) is 0. The summed E-state index contributed by atoms with van der Waals surface area (Å²) in [5, 5.41) is 2.57. The van der Waals surface area contributed by atoms with Gasteiger partial charge in [-0.15, -0.1) is 0 Å². The maximum Gasteiger partial charge on any atom is 0.0470 e. The lowest BCUT2D eigenvalue weighted by molar-refractivity contribution is 0.871. The standard InChI is InChI=1S/C30H23N/c1-3-9-21(10-4-1)24-17-25(22-11-5-2-6-12-22)19-26(18-24)23-15-16-28-27-13-7-8-14-29(27)31-30(28)20-23/h1-18,20,25,31H,19H2. The third-order valence-corrected chi connectivity index (χ3v) is 6.36. The molecule has 0 saturated heterocycles. The molecule has 0 saturated carbocycles. The number of hydrogen-bond acceptors (Lipinski definition) is 0. The van der Waals surface area contributed by atoms with Crippen LogP contribution in [0.25, 0.3) is 33.0 Å². The van der Waals surface area contributed by atoms with Gasteiger partial charge in [-0.2, -0.15) is 0 Å². The van der Waals surface area contributed by atoms with Crippen LogP contribution in [0, 0.1) is 0 Å². The molecule has 6 rings (SSSR count). The van der Waals surface area contributed by atoms with Crippen LogP contribution in [0.1, 0.15) is 29.0 Å². The summed E-state index contributed by atoms with van der Waals surface area (Å²) in [6, 6.07) is 37.0. The van der Waals surface area contributed by atoms with Crippen molar-refractivity contribution in [3.63, 3.8) is 0 Å². The monoisotopic (exact) mass is 397 g/mol. The van der Waals surface area contributed by atoms with Crippen molar-refractivity contribution in [3.8, 4) is 0 Å². The van der Waals surface area contributed by atoms with E-state index in [4.69, 9.17) is 0 Å². The van der Waals surface area contributed by atoms with Crippen molar-refractivity contribution in [2.75, 3.05) is 0 Å². The smallest absolute Gasteiger partial charge is 0.0470 e. The summed E-state index contributed by atoms with van der Waals surface area (Å²) in [4.78, 5) is 3.60. The highest BCUT2D eigenvalue weighted by Crippen LogP contribution is 2.40. The van der Waals surface area contributed by atoms with Crippen LogP contribution in [-0.4, -0.2) is 4.98 Å². The van der Waals surface area contributed by atoms with Gasteiger partial charge in [0.1, 0.15) is 0 Å². The van der Waals surface area contributed by atoms with E-state index in [1.165, 1.54) is 49.6 Å². The van der Waals surface area contributed by atoms with Gasteiger partial charge in [-0.1, -0.05) is 103 Å². The average Bonchev–Trinajstić information content (AvgIpc) is 3.23. The molecule has 5 aromatic rings. The first kappa shape index (κ1) is 18.0. The lowest BCUT2D eigenvalue weighted by Crippen LogP contribution is -2.03. The van der Waals surface area contributed by atoms with E-state index in [2.05, 4.69) is 120 Å². The van der Waals surface area contributed by atoms with Gasteiger partial charge in [0.25, 0.3) is 0 Å². The largest absolute Gasteiger partial charge is 0.354 e. The van der Waals surface area contributed by atoms with E-state index >= 15 is 0 Å². The minimum absolute atomic E-state index is 0.370. The first-order valence-electron chi connectivity index (χ1n) is 10.9. The van der Waals surface area contributed by atoms with Crippen LogP contribution in [-0.2, 0) is 0 Å². The van der Waals surface area contributed by atoms with E-state index in [1.54, 1.807) is 0 Å². The fourth-order valence-electron chi connectivity index (χ4n) is 4.79. The van der Waals surface area contributed by atoms with E-state index in [0.717, 1.165) is 6.42 Å². The zero-order valence-electron chi connectivity index (χ0n) is 17.3. The number of benzene rings is 4. The van der Waals surface area contributed by atoms with Crippen molar-refractivity contribution < 1.29 is 0 Å². The highest BCUT2D eigenvalue weighted by Gasteiger charge is 2.19. The molecule has 0 fully saturated rings. The second-order valence-electron chi connectivity index (χ2n) is 8.31. The topological polar surface area (TPSA) is 15.8 Å². The van der Waals surface area contributed by atoms with Crippen LogP contribution >= 0.6 is 0 Å². The molecule has 1 N–H and O–H groups in total. The molecule has 4 aromatic carbocycles. The SMILES string of the molecule is C1=C(c2ccccc2)C=C(c2ccc3c(c2)[nH]c2ccccc23)CC1c1ccccc1. The molecule has 0 bridgehead atoms. The maximum absolute atomic E-state index is 3.60. The molecule has 0 aliphatic heterocycles. The summed E-state index contributed by atoms with van der Waals surface area (Å²) in [6.07, 6.45) is 5.81. The fourth-order valence-corrected chi connectivity index (χ4v) is 4.79. The van der Waals surface area contributed by atoms with Crippen LogP contribution in [0.15, 0.2) is 115 Å². The zero-order valence-corrected chi connectivity index (χ0v) is 17.3. The van der Waals surface area contributed by atoms with Gasteiger partial charge in [-0.3, -0.25) is 0 Å². The Balaban J connectivity index is 1.47. The van der Waals surface area contributed by atoms with Gasteiger partial charge in [0.2, 0.25) is 0 Å². The Kier molecular flexibility index (Phi) is 4.32. The Morgan fingerprint density at radius 2 is 1.32 bits per heavy atom. The number of fused-ring (bicyclic) bond motifs is 3. The predicted octanol–water partition coefficient (Wildman–Crippen LogP) is 7.98. The molecule has 1 aromatic heterocycles. The molecule has 1 nitrogen and oxygen atoms in total. The number of nitrogens with one attached hydrogen (secondary N) is 1. The highest BCUT2D eigenvalue weighted by molar-refractivity contribution is 6.08. The van der Waals surface area contributed by atoms with E-state index in [9.17, 15) is 0 Å². The van der Waals surface area contributed by atoms with Gasteiger partial charge < -0.3 is 4.98 Å². The summed E-state index contributed by atoms with van der Waals surface area (Å²) >= 11 is 0. The highest BCUT2D eigenvalue weighted by atomic mass is 14.7. The van der Waals surface area contributed by atoms with Crippen LogP contribution < -0.4 is 0 Å². The average molecular weight is 398 g/mol. The Hall–Kier alpha value is -3.84. The van der Waals surface area contributed by atoms with E-state index < -0.39 is 0 Å². The maximum atomic E-state index is 3.60. The van der Waals surface area contributed by atoms with Crippen molar-refractivity contribution in [3.05, 3.63) is 132 Å². The van der Waals surface area contributed by atoms with Crippen molar-refractivity contribution in [2.24, 2.45) is 0 Å². The van der Waals surface area contributed by atoms with Crippen molar-refractivity contribution in [2.45, 2.75) is 12.3 Å². The second-order valence-corrected chi connectivity index (χ2v) is 8.31. The first-order valence-corrected chi connectivity index (χ1v) is 10.9. The summed E-state index contributed by atoms with van der Waals surface area (Å²) in [5.41, 5.74) is 9.01. The van der Waals surface area contributed by atoms with E-state index in [-0.39, 0.29) is 0 Å². The molecular weight excluding hydrogens is 374 g/mol. The predicted molar refractivity (Wildman–Crippen MR) is 132 cm³/mol. The number of aromatic amines is 1. The van der Waals surface area contributed by atoms with Gasteiger partial charge in [-0.25, -0.2) is 0 Å². The van der Waals surface area contributed by atoms with Crippen molar-refractivity contribution >= 4 is 33.0 Å². The summed E-state index contributed by atoms with van der Waals surface area (Å²) in [5.74, 6) is 0.370. The molecule has 31 heavy (non-hydrogen) atoms. The molecule has 1 atom stereocenters. The minimum Gasteiger partial charge on any atom is -0.354 e. The Morgan fingerprint density at radius 3 is 2.16 bits per heavy atom. The van der Waals surface area contributed by atoms with Gasteiger partial charge in [0, 0.05) is 27.7 Å². The lowest BCUT2D eigenvalue weighted by Gasteiger charge is -2.23. The zero-order chi connectivity index (χ0) is 20.6. The second kappa shape index (κ2) is 7.45. The van der Waals surface area contributed by atoms with Gasteiger partial charge in [0.05, 0.1) is 0 Å². The number of para-hydroxylation sites is 1. The van der Waals surface area contributed by atoms with Gasteiger partial charge >= 0.3 is 0 Å². The summed E-state index contributed by atoms with van der Waals surface area (Å²) in [6.45, 7) is 0. The third kappa shape index (κ3) is 3.29. The molecule has 0 amide bonds. The van der Waals surface area contributed by atoms with E-state index in [0.29, 0.717) is 5.92 Å². The molecule has 1 heterocycles. The number of allylic oxidation sites excluding steroid dienone is 4. The molecule has 1 aliphatic carbocycles. The van der Waals surface area contributed by atoms with Crippen molar-refractivity contribution in [1.29, 1.82) is 0 Å². The number of hydrogen-bond donors (Lipinski definition) is 1. The number of aromatic nitrogens is 1. The van der Waals surface area contributed by atoms with Crippen molar-refractivity contribution in [1.82, 2.24) is 4.98 Å². The van der Waals surface area contributed by atoms with Crippen LogP contribution in [0.4, 0.5) is 0 Å². The van der Waals surface area contributed by atoms with Crippen LogP contribution in [0.2, 0.25) is 0 Å². The third-order valence-electron chi connectivity index (χ3n) is 6.36. The molecule has 1 aliphatic rings. The van der Waals surface area contributed by atoms with Gasteiger partial charge in [-0.05, 0) is 46.4 Å². The Labute approximate surface area is 182 Å². The normalized spacial score (nSPS) is 16.3. The van der Waals surface area contributed by atoms with E-state index in [1.807, 2.05) is 0 Å². The van der Waals surface area contributed by atoms with Gasteiger partial charge in [0.15, 0.2) is 0 Å². The molecular formula is C30H23N.